The molecule has 0 radical (unpaired) electrons. The van der Waals surface area contributed by atoms with Crippen molar-refractivity contribution in [1.82, 2.24) is 19.4 Å². The van der Waals surface area contributed by atoms with Crippen LogP contribution in [-0.4, -0.2) is 112 Å². The number of amides is 1. The lowest BCUT2D eigenvalue weighted by atomic mass is 9.92. The van der Waals surface area contributed by atoms with Crippen LogP contribution in [0.2, 0.25) is 0 Å². The number of rotatable bonds is 10. The first-order valence-electron chi connectivity index (χ1n) is 21.8. The van der Waals surface area contributed by atoms with E-state index in [1.165, 1.54) is 39.8 Å². The van der Waals surface area contributed by atoms with Crippen LogP contribution in [0.1, 0.15) is 84.2 Å². The number of hydrogen-bond acceptors (Lipinski definition) is 13. The van der Waals surface area contributed by atoms with Crippen LogP contribution in [-0.2, 0) is 14.2 Å². The summed E-state index contributed by atoms with van der Waals surface area (Å²) < 4.78 is 63.4. The average Bonchev–Trinajstić information content (AvgIpc) is 4.22. The number of anilines is 2. The number of hydrogen-bond donors (Lipinski definition) is 1. The highest BCUT2D eigenvalue weighted by molar-refractivity contribution is 5.99. The molecule has 1 N–H and O–H groups in total. The predicted molar refractivity (Wildman–Crippen MR) is 226 cm³/mol. The molecule has 2 saturated carbocycles. The summed E-state index contributed by atoms with van der Waals surface area (Å²) in [4.78, 5) is 72.5. The summed E-state index contributed by atoms with van der Waals surface area (Å²) in [7, 11) is 4.05. The van der Waals surface area contributed by atoms with Gasteiger partial charge in [0.05, 0.1) is 49.2 Å². The fourth-order valence-electron chi connectivity index (χ4n) is 10.7. The maximum Gasteiger partial charge on any atom is 0.412 e. The van der Waals surface area contributed by atoms with Gasteiger partial charge >= 0.3 is 18.0 Å². The zero-order valence-electron chi connectivity index (χ0n) is 35.5. The molecule has 0 spiro atoms. The fourth-order valence-corrected chi connectivity index (χ4v) is 10.7. The molecule has 4 aromatic rings. The van der Waals surface area contributed by atoms with E-state index in [4.69, 9.17) is 23.7 Å². The Morgan fingerprint density at radius 2 is 1.25 bits per heavy atom. The number of methoxy groups -OCH3 is 3. The zero-order valence-corrected chi connectivity index (χ0v) is 35.5. The minimum atomic E-state index is -1.02. The maximum atomic E-state index is 16.3. The lowest BCUT2D eigenvalue weighted by Gasteiger charge is -2.35. The highest BCUT2D eigenvalue weighted by atomic mass is 19.1. The zero-order chi connectivity index (χ0) is 43.8. The summed E-state index contributed by atoms with van der Waals surface area (Å²) >= 11 is 0. The molecule has 16 nitrogen and oxygen atoms in total. The van der Waals surface area contributed by atoms with Crippen molar-refractivity contribution in [2.45, 2.75) is 75.5 Å². The number of halogens is 2. The number of nitrogens with one attached hydrogen (secondary N) is 1. The molecule has 4 atom stereocenters. The molecule has 334 valence electrons. The highest BCUT2D eigenvalue weighted by Gasteiger charge is 2.44. The Balaban J connectivity index is 0.866. The number of piperidine rings is 2. The second-order valence-electron chi connectivity index (χ2n) is 17.7. The first-order chi connectivity index (χ1) is 30.5. The highest BCUT2D eigenvalue weighted by Crippen LogP contribution is 2.47. The van der Waals surface area contributed by atoms with Gasteiger partial charge in [-0.1, -0.05) is 0 Å². The first kappa shape index (κ1) is 41.1. The van der Waals surface area contributed by atoms with Crippen molar-refractivity contribution in [3.8, 4) is 11.5 Å². The Hall–Kier alpha value is -5.91. The van der Waals surface area contributed by atoms with Crippen LogP contribution in [0.25, 0.3) is 21.8 Å². The Morgan fingerprint density at radius 1 is 0.698 bits per heavy atom. The van der Waals surface area contributed by atoms with E-state index < -0.39 is 53.4 Å². The van der Waals surface area contributed by atoms with Crippen molar-refractivity contribution in [3.63, 3.8) is 0 Å². The second-order valence-corrected chi connectivity index (χ2v) is 17.7. The summed E-state index contributed by atoms with van der Waals surface area (Å²) in [5.41, 5.74) is -0.645. The van der Waals surface area contributed by atoms with E-state index >= 15 is 8.78 Å². The molecule has 6 fully saturated rings. The SMILES string of the molecule is COC(=O)c1cn(C2CC2)c2c(OC)c(N3CC4CCCN(C(=O)OCOC(=O)c5cn(C6CC6)c6c(OC)c(N7CC8CCCNC8C7)c(F)cc6c5=O)C4C3)c(F)cc2c1=O. The van der Waals surface area contributed by atoms with E-state index in [0.29, 0.717) is 55.2 Å². The van der Waals surface area contributed by atoms with Gasteiger partial charge < -0.3 is 52.8 Å². The van der Waals surface area contributed by atoms with Crippen molar-refractivity contribution >= 4 is 51.2 Å². The van der Waals surface area contributed by atoms with Crippen molar-refractivity contribution < 1.29 is 46.8 Å². The van der Waals surface area contributed by atoms with E-state index in [0.717, 1.165) is 57.6 Å². The van der Waals surface area contributed by atoms with E-state index in [9.17, 15) is 24.0 Å². The van der Waals surface area contributed by atoms with E-state index in [1.54, 1.807) is 14.0 Å². The average molecular weight is 873 g/mol. The summed E-state index contributed by atoms with van der Waals surface area (Å²) in [5.74, 6) is -2.44. The predicted octanol–water partition coefficient (Wildman–Crippen LogP) is 5.11. The second kappa shape index (κ2) is 16.0. The number of ether oxygens (including phenoxy) is 5. The quantitative estimate of drug-likeness (QED) is 0.166. The molecule has 4 unspecified atom stereocenters. The Labute approximate surface area is 360 Å². The Bertz CT molecular complexity index is 2670. The number of likely N-dealkylation sites (tertiary alicyclic amines) is 1. The maximum absolute atomic E-state index is 16.3. The van der Waals surface area contributed by atoms with Crippen LogP contribution in [0, 0.1) is 23.5 Å². The van der Waals surface area contributed by atoms with Crippen LogP contribution in [0.15, 0.2) is 34.1 Å². The van der Waals surface area contributed by atoms with Crippen molar-refractivity contribution in [1.29, 1.82) is 0 Å². The summed E-state index contributed by atoms with van der Waals surface area (Å²) in [6.45, 7) is 2.37. The van der Waals surface area contributed by atoms with E-state index in [2.05, 4.69) is 5.32 Å². The summed E-state index contributed by atoms with van der Waals surface area (Å²) in [6, 6.07) is 2.13. The van der Waals surface area contributed by atoms with Gasteiger partial charge in [0.2, 0.25) is 17.7 Å². The van der Waals surface area contributed by atoms with Crippen LogP contribution in [0.3, 0.4) is 0 Å². The van der Waals surface area contributed by atoms with Gasteiger partial charge in [-0.2, -0.15) is 0 Å². The summed E-state index contributed by atoms with van der Waals surface area (Å²) in [5, 5.41) is 3.54. The number of benzene rings is 2. The van der Waals surface area contributed by atoms with E-state index in [1.807, 2.05) is 9.80 Å². The van der Waals surface area contributed by atoms with Gasteiger partial charge in [-0.15, -0.1) is 0 Å². The van der Waals surface area contributed by atoms with Crippen molar-refractivity contribution in [2.75, 3.05) is 77.2 Å². The minimum absolute atomic E-state index is 0.00275. The van der Waals surface area contributed by atoms with Gasteiger partial charge in [0.15, 0.2) is 23.1 Å². The summed E-state index contributed by atoms with van der Waals surface area (Å²) in [6.07, 6.45) is 8.88. The molecule has 2 aromatic carbocycles. The largest absolute Gasteiger partial charge is 0.492 e. The number of carbonyl (C=O) groups is 3. The third-order valence-electron chi connectivity index (χ3n) is 13.9. The molecule has 18 heteroatoms. The van der Waals surface area contributed by atoms with E-state index in [-0.39, 0.29) is 69.7 Å². The molecular formula is C45H50F2N6O10. The molecule has 2 aliphatic carbocycles. The molecule has 6 aliphatic rings. The lowest BCUT2D eigenvalue weighted by molar-refractivity contribution is -0.0194. The molecule has 4 aliphatic heterocycles. The molecular weight excluding hydrogens is 823 g/mol. The van der Waals surface area contributed by atoms with Gasteiger partial charge in [-0.05, 0) is 81.9 Å². The first-order valence-corrected chi connectivity index (χ1v) is 21.8. The molecule has 10 rings (SSSR count). The van der Waals surface area contributed by atoms with Crippen LogP contribution >= 0.6 is 0 Å². The number of aromatic nitrogens is 2. The van der Waals surface area contributed by atoms with Crippen molar-refractivity contribution in [3.05, 3.63) is 67.7 Å². The number of carbonyl (C=O) groups excluding carboxylic acids is 3. The number of fused-ring (bicyclic) bond motifs is 4. The third kappa shape index (κ3) is 7.00. The smallest absolute Gasteiger partial charge is 0.412 e. The molecule has 0 bridgehead atoms. The molecule has 2 aromatic heterocycles. The van der Waals surface area contributed by atoms with Crippen LogP contribution in [0.4, 0.5) is 25.0 Å². The van der Waals surface area contributed by atoms with Crippen LogP contribution in [0.5, 0.6) is 11.5 Å². The molecule has 6 heterocycles. The van der Waals surface area contributed by atoms with Gasteiger partial charge in [-0.3, -0.25) is 9.59 Å². The lowest BCUT2D eigenvalue weighted by Crippen LogP contribution is -2.48. The normalized spacial score (nSPS) is 23.2. The number of nitrogens with zero attached hydrogens (tertiary/aromatic N) is 5. The monoisotopic (exact) mass is 872 g/mol. The minimum Gasteiger partial charge on any atom is -0.492 e. The van der Waals surface area contributed by atoms with Gasteiger partial charge in [0.25, 0.3) is 0 Å². The topological polar surface area (TPSA) is 163 Å². The molecule has 4 saturated heterocycles. The van der Waals surface area contributed by atoms with Crippen molar-refractivity contribution in [2.24, 2.45) is 11.8 Å². The van der Waals surface area contributed by atoms with Crippen LogP contribution < -0.4 is 35.4 Å². The Morgan fingerprint density at radius 3 is 1.81 bits per heavy atom. The van der Waals surface area contributed by atoms with Gasteiger partial charge in [0, 0.05) is 63.2 Å². The molecule has 63 heavy (non-hydrogen) atoms. The standard InChI is InChI=1S/C45H50F2N6O10/c1-59-41-36-28(15-31(46)37(41)49-16-23-6-4-12-48-33(23)20-49)40(55)30(19-53(36)26-10-11-26)44(57)62-22-63-45(58)51-13-5-7-24-17-50(21-34(24)51)38-32(47)14-27-35(42(38)60-2)52(25-8-9-25)18-29(39(27)54)43(56)61-3/h14-15,18-19,23-26,33-34,48H,4-13,16-17,20-22H2,1-3H3. The van der Waals surface area contributed by atoms with Gasteiger partial charge in [-0.25, -0.2) is 23.2 Å². The van der Waals surface area contributed by atoms with Gasteiger partial charge in [0.1, 0.15) is 22.5 Å². The third-order valence-corrected chi connectivity index (χ3v) is 13.9. The fraction of sp³-hybridized carbons (Fsp3) is 0.533. The number of esters is 2. The number of pyridine rings is 2. The Kier molecular flexibility index (Phi) is 10.5. The molecule has 1 amide bonds.